The minimum Gasteiger partial charge on any atom is -0.375 e. The topological polar surface area (TPSA) is 101 Å². The molecule has 0 saturated carbocycles. The number of hydrogen-bond donors (Lipinski definition) is 1. The molecule has 3 rings (SSSR count). The van der Waals surface area contributed by atoms with E-state index in [4.69, 9.17) is 0 Å². The van der Waals surface area contributed by atoms with E-state index in [1.54, 1.807) is 31.2 Å². The van der Waals surface area contributed by atoms with Gasteiger partial charge in [0.1, 0.15) is 0 Å². The van der Waals surface area contributed by atoms with E-state index in [-0.39, 0.29) is 17.8 Å². The lowest BCUT2D eigenvalue weighted by atomic mass is 9.88. The van der Waals surface area contributed by atoms with E-state index in [1.807, 2.05) is 0 Å². The number of likely N-dealkylation sites (N-methyl/N-ethyl adjacent to an activating group) is 1. The van der Waals surface area contributed by atoms with Gasteiger partial charge >= 0.3 is 0 Å². The van der Waals surface area contributed by atoms with Gasteiger partial charge in [-0.15, -0.1) is 0 Å². The predicted molar refractivity (Wildman–Crippen MR) is 98.1 cm³/mol. The Balaban J connectivity index is 2.04. The van der Waals surface area contributed by atoms with Crippen LogP contribution in [0.1, 0.15) is 29.3 Å². The molecule has 2 aromatic rings. The average Bonchev–Trinajstić information content (AvgIpc) is 2.82. The number of halogens is 1. The lowest BCUT2D eigenvalue weighted by molar-refractivity contribution is -0.385. The molecule has 1 aliphatic rings. The molecule has 0 saturated heterocycles. The zero-order chi connectivity index (χ0) is 19.1. The molecule has 1 aliphatic heterocycles. The van der Waals surface area contributed by atoms with E-state index >= 15 is 0 Å². The Morgan fingerprint density at radius 2 is 1.92 bits per heavy atom. The highest BCUT2D eigenvalue weighted by molar-refractivity contribution is 9.10. The fraction of sp³-hybridized carbons (Fsp3) is 0.222. The number of amides is 1. The van der Waals surface area contributed by atoms with Crippen molar-refractivity contribution < 1.29 is 19.6 Å². The molecule has 134 valence electrons. The normalized spacial score (nSPS) is 18.7. The smallest absolute Gasteiger partial charge is 0.269 e. The van der Waals surface area contributed by atoms with Gasteiger partial charge in [0.15, 0.2) is 11.4 Å². The summed E-state index contributed by atoms with van der Waals surface area (Å²) in [6.07, 6.45) is -0.488. The molecule has 1 atom stereocenters. The number of hydrogen-bond acceptors (Lipinski definition) is 5. The van der Waals surface area contributed by atoms with Gasteiger partial charge in [0.05, 0.1) is 17.0 Å². The summed E-state index contributed by atoms with van der Waals surface area (Å²) in [6.45, 7) is 2.00. The number of anilines is 1. The van der Waals surface area contributed by atoms with Crippen molar-refractivity contribution in [2.75, 3.05) is 11.4 Å². The zero-order valence-electron chi connectivity index (χ0n) is 13.8. The van der Waals surface area contributed by atoms with Crippen LogP contribution in [0.5, 0.6) is 0 Å². The van der Waals surface area contributed by atoms with Crippen molar-refractivity contribution in [3.63, 3.8) is 0 Å². The summed E-state index contributed by atoms with van der Waals surface area (Å²) in [7, 11) is 0. The molecule has 1 amide bonds. The van der Waals surface area contributed by atoms with Crippen LogP contribution >= 0.6 is 15.9 Å². The Labute approximate surface area is 157 Å². The highest BCUT2D eigenvalue weighted by Gasteiger charge is 2.51. The van der Waals surface area contributed by atoms with Crippen LogP contribution in [0.2, 0.25) is 0 Å². The Bertz CT molecular complexity index is 912. The van der Waals surface area contributed by atoms with E-state index in [0.29, 0.717) is 11.3 Å². The Morgan fingerprint density at radius 3 is 2.50 bits per heavy atom. The Hall–Kier alpha value is -2.58. The molecule has 0 unspecified atom stereocenters. The summed E-state index contributed by atoms with van der Waals surface area (Å²) in [6, 6.07) is 10.4. The lowest BCUT2D eigenvalue weighted by Crippen LogP contribution is -2.41. The first-order valence-corrected chi connectivity index (χ1v) is 8.69. The van der Waals surface area contributed by atoms with Gasteiger partial charge in [0, 0.05) is 34.3 Å². The van der Waals surface area contributed by atoms with Gasteiger partial charge in [-0.05, 0) is 25.1 Å². The van der Waals surface area contributed by atoms with Gasteiger partial charge in [-0.2, -0.15) is 0 Å². The van der Waals surface area contributed by atoms with Gasteiger partial charge in [-0.3, -0.25) is 19.7 Å². The number of Topliss-reactive ketones (excluding diaryl/α,β-unsaturated/α-hetero) is 1. The first-order valence-electron chi connectivity index (χ1n) is 7.90. The fourth-order valence-electron chi connectivity index (χ4n) is 3.11. The van der Waals surface area contributed by atoms with E-state index in [1.165, 1.54) is 17.0 Å². The second kappa shape index (κ2) is 6.62. The molecule has 7 nitrogen and oxygen atoms in total. The number of nitro groups is 1. The van der Waals surface area contributed by atoms with Gasteiger partial charge in [0.25, 0.3) is 11.6 Å². The minimum atomic E-state index is -2.12. The number of carbonyl (C=O) groups is 2. The van der Waals surface area contributed by atoms with Gasteiger partial charge in [-0.25, -0.2) is 0 Å². The standard InChI is InChI=1S/C18H15BrN2O5/c1-2-20-15-8-7-13(21(25)26)9-14(15)18(24,17(20)23)10-16(22)11-3-5-12(19)6-4-11/h3-9,24H,2,10H2,1H3/t18-/m0/s1. The molecular weight excluding hydrogens is 404 g/mol. The van der Waals surface area contributed by atoms with Crippen LogP contribution in [0.3, 0.4) is 0 Å². The van der Waals surface area contributed by atoms with Gasteiger partial charge in [-0.1, -0.05) is 28.1 Å². The maximum Gasteiger partial charge on any atom is 0.269 e. The van der Waals surface area contributed by atoms with E-state index in [2.05, 4.69) is 15.9 Å². The van der Waals surface area contributed by atoms with Crippen LogP contribution in [0.4, 0.5) is 11.4 Å². The van der Waals surface area contributed by atoms with Gasteiger partial charge in [0.2, 0.25) is 0 Å². The molecule has 0 spiro atoms. The SMILES string of the molecule is CCN1C(=O)[C@](O)(CC(=O)c2ccc(Br)cc2)c2cc([N+](=O)[O-])ccc21. The number of non-ortho nitro benzene ring substituents is 1. The number of carbonyl (C=O) groups excluding carboxylic acids is 2. The first-order chi connectivity index (χ1) is 12.3. The predicted octanol–water partition coefficient (Wildman–Crippen LogP) is 3.18. The molecule has 1 N–H and O–H groups in total. The molecular formula is C18H15BrN2O5. The van der Waals surface area contributed by atoms with Crippen LogP contribution < -0.4 is 4.90 Å². The Kier molecular flexibility index (Phi) is 4.64. The molecule has 1 heterocycles. The largest absolute Gasteiger partial charge is 0.375 e. The Morgan fingerprint density at radius 1 is 1.27 bits per heavy atom. The molecule has 0 bridgehead atoms. The first kappa shape index (κ1) is 18.2. The van der Waals surface area contributed by atoms with Crippen molar-refractivity contribution in [3.8, 4) is 0 Å². The third kappa shape index (κ3) is 2.91. The van der Waals surface area contributed by atoms with Crippen molar-refractivity contribution in [3.05, 3.63) is 68.2 Å². The zero-order valence-corrected chi connectivity index (χ0v) is 15.4. The van der Waals surface area contributed by atoms with Crippen LogP contribution in [0, 0.1) is 10.1 Å². The quantitative estimate of drug-likeness (QED) is 0.456. The van der Waals surface area contributed by atoms with Crippen LogP contribution in [0.15, 0.2) is 46.9 Å². The number of rotatable bonds is 5. The van der Waals surface area contributed by atoms with Gasteiger partial charge < -0.3 is 10.0 Å². The van der Waals surface area contributed by atoms with Crippen molar-refractivity contribution in [2.45, 2.75) is 18.9 Å². The second-order valence-electron chi connectivity index (χ2n) is 5.98. The monoisotopic (exact) mass is 418 g/mol. The number of aliphatic hydroxyl groups is 1. The molecule has 0 fully saturated rings. The second-order valence-corrected chi connectivity index (χ2v) is 6.89. The lowest BCUT2D eigenvalue weighted by Gasteiger charge is -2.22. The number of benzene rings is 2. The number of ketones is 1. The molecule has 0 aliphatic carbocycles. The summed E-state index contributed by atoms with van der Waals surface area (Å²) >= 11 is 3.28. The minimum absolute atomic E-state index is 0.0870. The number of fused-ring (bicyclic) bond motifs is 1. The molecule has 0 radical (unpaired) electrons. The molecule has 8 heteroatoms. The van der Waals surface area contributed by atoms with Crippen molar-refractivity contribution >= 4 is 39.0 Å². The van der Waals surface area contributed by atoms with Crippen LogP contribution in [0.25, 0.3) is 0 Å². The van der Waals surface area contributed by atoms with Crippen molar-refractivity contribution in [2.24, 2.45) is 0 Å². The molecule has 2 aromatic carbocycles. The van der Waals surface area contributed by atoms with Crippen molar-refractivity contribution in [1.82, 2.24) is 0 Å². The highest BCUT2D eigenvalue weighted by Crippen LogP contribution is 2.44. The highest BCUT2D eigenvalue weighted by atomic mass is 79.9. The maximum absolute atomic E-state index is 12.8. The summed E-state index contributed by atoms with van der Waals surface area (Å²) in [5.41, 5.74) is -1.56. The van der Waals surface area contributed by atoms with Crippen LogP contribution in [-0.4, -0.2) is 28.3 Å². The molecule has 26 heavy (non-hydrogen) atoms. The summed E-state index contributed by atoms with van der Waals surface area (Å²) in [5.74, 6) is -1.08. The third-order valence-electron chi connectivity index (χ3n) is 4.43. The maximum atomic E-state index is 12.8. The third-order valence-corrected chi connectivity index (χ3v) is 4.95. The summed E-state index contributed by atoms with van der Waals surface area (Å²) in [4.78, 5) is 37.2. The summed E-state index contributed by atoms with van der Waals surface area (Å²) in [5, 5.41) is 22.1. The van der Waals surface area contributed by atoms with Crippen LogP contribution in [-0.2, 0) is 10.4 Å². The number of nitro benzene ring substituents is 1. The van der Waals surface area contributed by atoms with Crippen molar-refractivity contribution in [1.29, 1.82) is 0 Å². The van der Waals surface area contributed by atoms with E-state index < -0.39 is 28.6 Å². The average molecular weight is 419 g/mol. The summed E-state index contributed by atoms with van der Waals surface area (Å²) < 4.78 is 0.794. The fourth-order valence-corrected chi connectivity index (χ4v) is 3.37. The van der Waals surface area contributed by atoms with E-state index in [0.717, 1.165) is 10.5 Å². The molecule has 0 aromatic heterocycles. The number of nitrogens with zero attached hydrogens (tertiary/aromatic N) is 2. The van der Waals surface area contributed by atoms with E-state index in [9.17, 15) is 24.8 Å².